The molecule has 0 aliphatic carbocycles. The molecule has 0 atom stereocenters. The second-order valence-corrected chi connectivity index (χ2v) is 9.06. The summed E-state index contributed by atoms with van der Waals surface area (Å²) in [4.78, 5) is 32.7. The average Bonchev–Trinajstić information content (AvgIpc) is 3.57. The van der Waals surface area contributed by atoms with E-state index in [9.17, 15) is 9.59 Å². The number of carbonyl (C=O) groups excluding carboxylic acids is 2. The first kappa shape index (κ1) is 25.2. The molecular formula is C27H30N8O3. The van der Waals surface area contributed by atoms with Crippen molar-refractivity contribution in [2.24, 2.45) is 0 Å². The number of amides is 2. The van der Waals surface area contributed by atoms with Crippen molar-refractivity contribution in [3.8, 4) is 0 Å². The van der Waals surface area contributed by atoms with Gasteiger partial charge in [0.25, 0.3) is 0 Å². The number of nitrogen functional groups attached to an aromatic ring is 1. The summed E-state index contributed by atoms with van der Waals surface area (Å²) in [6.45, 7) is 8.42. The number of rotatable bonds is 7. The molecule has 1 fully saturated rings. The second kappa shape index (κ2) is 11.3. The Labute approximate surface area is 220 Å². The Balaban J connectivity index is 1.18. The van der Waals surface area contributed by atoms with E-state index in [1.165, 1.54) is 11.6 Å². The van der Waals surface area contributed by atoms with Gasteiger partial charge in [-0.1, -0.05) is 30.8 Å². The number of ether oxygens (including phenoxy) is 1. The number of nitrogens with one attached hydrogen (secondary N) is 2. The molecule has 2 amide bonds. The molecule has 0 unspecified atom stereocenters. The number of nitrogens with zero attached hydrogens (tertiary/aromatic N) is 5. The quantitative estimate of drug-likeness (QED) is 0.410. The maximum absolute atomic E-state index is 12.8. The Hall–Kier alpha value is -4.48. The van der Waals surface area contributed by atoms with E-state index < -0.39 is 6.03 Å². The van der Waals surface area contributed by atoms with Crippen LogP contribution in [0.5, 0.6) is 0 Å². The van der Waals surface area contributed by atoms with Crippen molar-refractivity contribution >= 4 is 40.8 Å². The number of morpholine rings is 1. The lowest BCUT2D eigenvalue weighted by atomic mass is 10.1. The Morgan fingerprint density at radius 3 is 2.45 bits per heavy atom. The third-order valence-corrected chi connectivity index (χ3v) is 6.44. The standard InChI is InChI=1S/C27H30N8O3/c1-2-24(36)34-12-11-21(18-34)20-5-9-23(10-6-20)30-27(37)35-25(28)31-26(32-35)29-22-7-3-19(4-8-22)17-33-13-15-38-16-14-33/h2-10,18H,1,11-17H2,(H,30,37)(H3,28,29,31,32). The maximum atomic E-state index is 12.8. The van der Waals surface area contributed by atoms with Crippen LogP contribution >= 0.6 is 0 Å². The first-order valence-electron chi connectivity index (χ1n) is 12.4. The highest BCUT2D eigenvalue weighted by molar-refractivity contribution is 5.92. The summed E-state index contributed by atoms with van der Waals surface area (Å²) >= 11 is 0. The molecule has 0 spiro atoms. The molecule has 3 heterocycles. The van der Waals surface area contributed by atoms with Crippen LogP contribution in [0.3, 0.4) is 0 Å². The molecule has 0 saturated carbocycles. The fourth-order valence-corrected chi connectivity index (χ4v) is 4.38. The van der Waals surface area contributed by atoms with E-state index in [0.717, 1.165) is 60.8 Å². The zero-order valence-electron chi connectivity index (χ0n) is 21.0. The molecule has 11 heteroatoms. The number of carbonyl (C=O) groups is 2. The molecule has 196 valence electrons. The summed E-state index contributed by atoms with van der Waals surface area (Å²) in [7, 11) is 0. The fourth-order valence-electron chi connectivity index (χ4n) is 4.38. The molecule has 4 N–H and O–H groups in total. The van der Waals surface area contributed by atoms with E-state index >= 15 is 0 Å². The number of hydrogen-bond donors (Lipinski definition) is 3. The number of aromatic nitrogens is 3. The first-order chi connectivity index (χ1) is 18.5. The van der Waals surface area contributed by atoms with Gasteiger partial charge in [-0.25, -0.2) is 4.79 Å². The smallest absolute Gasteiger partial charge is 0.349 e. The third kappa shape index (κ3) is 5.90. The Kier molecular flexibility index (Phi) is 7.47. The topological polar surface area (TPSA) is 131 Å². The molecule has 0 radical (unpaired) electrons. The molecule has 2 aromatic carbocycles. The van der Waals surface area contributed by atoms with Crippen molar-refractivity contribution in [3.63, 3.8) is 0 Å². The molecule has 5 rings (SSSR count). The minimum atomic E-state index is -0.528. The second-order valence-electron chi connectivity index (χ2n) is 9.06. The highest BCUT2D eigenvalue weighted by atomic mass is 16.5. The molecule has 3 aromatic rings. The van der Waals surface area contributed by atoms with Crippen LogP contribution in [0, 0.1) is 0 Å². The van der Waals surface area contributed by atoms with E-state index in [0.29, 0.717) is 12.2 Å². The van der Waals surface area contributed by atoms with Gasteiger partial charge >= 0.3 is 6.03 Å². The van der Waals surface area contributed by atoms with Crippen molar-refractivity contribution in [2.75, 3.05) is 49.2 Å². The number of hydrogen-bond acceptors (Lipinski definition) is 8. The van der Waals surface area contributed by atoms with Crippen molar-refractivity contribution < 1.29 is 14.3 Å². The van der Waals surface area contributed by atoms with E-state index in [1.807, 2.05) is 42.6 Å². The fraction of sp³-hybridized carbons (Fsp3) is 0.259. The van der Waals surface area contributed by atoms with Crippen molar-refractivity contribution in [2.45, 2.75) is 13.0 Å². The van der Waals surface area contributed by atoms with Gasteiger partial charge in [0.15, 0.2) is 0 Å². The van der Waals surface area contributed by atoms with E-state index in [-0.39, 0.29) is 17.8 Å². The van der Waals surface area contributed by atoms with Gasteiger partial charge in [-0.3, -0.25) is 9.69 Å². The number of nitrogens with two attached hydrogens (primary N) is 1. The average molecular weight is 515 g/mol. The monoisotopic (exact) mass is 514 g/mol. The van der Waals surface area contributed by atoms with Crippen LogP contribution in [0.4, 0.5) is 28.1 Å². The molecule has 2 aliphatic rings. The molecular weight excluding hydrogens is 484 g/mol. The summed E-state index contributed by atoms with van der Waals surface area (Å²) < 4.78 is 6.41. The van der Waals surface area contributed by atoms with Crippen molar-refractivity contribution in [1.29, 1.82) is 0 Å². The molecule has 1 saturated heterocycles. The molecule has 2 aliphatic heterocycles. The summed E-state index contributed by atoms with van der Waals surface area (Å²) in [5.41, 5.74) is 10.6. The van der Waals surface area contributed by atoms with Gasteiger partial charge in [0, 0.05) is 43.8 Å². The van der Waals surface area contributed by atoms with Gasteiger partial charge in [-0.15, -0.1) is 9.78 Å². The van der Waals surface area contributed by atoms with E-state index in [4.69, 9.17) is 10.5 Å². The molecule has 1 aromatic heterocycles. The maximum Gasteiger partial charge on any atom is 0.349 e. The largest absolute Gasteiger partial charge is 0.379 e. The zero-order valence-corrected chi connectivity index (χ0v) is 21.0. The van der Waals surface area contributed by atoms with E-state index in [2.05, 4.69) is 32.2 Å². The Bertz CT molecular complexity index is 1340. The van der Waals surface area contributed by atoms with Crippen molar-refractivity contribution in [1.82, 2.24) is 24.6 Å². The first-order valence-corrected chi connectivity index (χ1v) is 12.4. The van der Waals surface area contributed by atoms with Gasteiger partial charge in [0.1, 0.15) is 0 Å². The Morgan fingerprint density at radius 1 is 1.03 bits per heavy atom. The molecule has 11 nitrogen and oxygen atoms in total. The number of benzene rings is 2. The lowest BCUT2D eigenvalue weighted by Crippen LogP contribution is -2.35. The van der Waals surface area contributed by atoms with Gasteiger partial charge < -0.3 is 26.0 Å². The third-order valence-electron chi connectivity index (χ3n) is 6.44. The predicted octanol–water partition coefficient (Wildman–Crippen LogP) is 3.28. The SMILES string of the molecule is C=CC(=O)N1C=C(c2ccc(NC(=O)n3nc(Nc4ccc(CN5CCOCC5)cc4)nc3N)cc2)CC1. The minimum absolute atomic E-state index is 0.0337. The minimum Gasteiger partial charge on any atom is -0.379 e. The highest BCUT2D eigenvalue weighted by Gasteiger charge is 2.18. The van der Waals surface area contributed by atoms with Gasteiger partial charge in [-0.2, -0.15) is 4.98 Å². The Morgan fingerprint density at radius 2 is 1.74 bits per heavy atom. The van der Waals surface area contributed by atoms with Crippen LogP contribution < -0.4 is 16.4 Å². The summed E-state index contributed by atoms with van der Waals surface area (Å²) in [6.07, 6.45) is 3.89. The van der Waals surface area contributed by atoms with Gasteiger partial charge in [0.05, 0.1) is 13.2 Å². The van der Waals surface area contributed by atoms with Crippen molar-refractivity contribution in [3.05, 3.63) is 78.5 Å². The van der Waals surface area contributed by atoms with Crippen LogP contribution in [0.25, 0.3) is 5.57 Å². The zero-order chi connectivity index (χ0) is 26.5. The van der Waals surface area contributed by atoms with Crippen LogP contribution in [0.1, 0.15) is 17.5 Å². The van der Waals surface area contributed by atoms with Gasteiger partial charge in [0.2, 0.25) is 17.8 Å². The van der Waals surface area contributed by atoms with Crippen LogP contribution in [0.15, 0.2) is 67.4 Å². The molecule has 0 bridgehead atoms. The summed E-state index contributed by atoms with van der Waals surface area (Å²) in [5, 5.41) is 10.1. The molecule has 38 heavy (non-hydrogen) atoms. The lowest BCUT2D eigenvalue weighted by Gasteiger charge is -2.26. The highest BCUT2D eigenvalue weighted by Crippen LogP contribution is 2.26. The number of anilines is 4. The van der Waals surface area contributed by atoms with Crippen LogP contribution in [0.2, 0.25) is 0 Å². The van der Waals surface area contributed by atoms with Crippen LogP contribution in [-0.4, -0.2) is 69.4 Å². The summed E-state index contributed by atoms with van der Waals surface area (Å²) in [5.74, 6) is 0.0679. The normalized spacial score (nSPS) is 15.7. The summed E-state index contributed by atoms with van der Waals surface area (Å²) in [6, 6.07) is 14.8. The van der Waals surface area contributed by atoms with Crippen LogP contribution in [-0.2, 0) is 16.1 Å². The lowest BCUT2D eigenvalue weighted by molar-refractivity contribution is -0.123. The van der Waals surface area contributed by atoms with E-state index in [1.54, 1.807) is 17.0 Å². The van der Waals surface area contributed by atoms with Gasteiger partial charge in [-0.05, 0) is 53.5 Å². The predicted molar refractivity (Wildman–Crippen MR) is 146 cm³/mol.